The number of nitrogens with zero attached hydrogens (tertiary/aromatic N) is 1. The van der Waals surface area contributed by atoms with Gasteiger partial charge in [-0.05, 0) is 13.8 Å². The summed E-state index contributed by atoms with van der Waals surface area (Å²) in [4.78, 5) is 4.61. The first kappa shape index (κ1) is 13.2. The van der Waals surface area contributed by atoms with E-state index >= 15 is 0 Å². The lowest BCUT2D eigenvalue weighted by molar-refractivity contribution is 0.485. The number of hydrogen-bond acceptors (Lipinski definition) is 3. The summed E-state index contributed by atoms with van der Waals surface area (Å²) in [7, 11) is 0. The van der Waals surface area contributed by atoms with Gasteiger partial charge in [0.15, 0.2) is 0 Å². The number of terminal acetylenes is 1. The SMILES string of the molecule is C#CC(C)(C)NCc1csc(C(C)(C)C)n1. The van der Waals surface area contributed by atoms with Crippen molar-refractivity contribution in [3.63, 3.8) is 0 Å². The molecule has 0 atom stereocenters. The fourth-order valence-electron chi connectivity index (χ4n) is 1.10. The van der Waals surface area contributed by atoms with Crippen LogP contribution in [0.25, 0.3) is 0 Å². The Labute approximate surface area is 102 Å². The van der Waals surface area contributed by atoms with Crippen LogP contribution in [-0.2, 0) is 12.0 Å². The van der Waals surface area contributed by atoms with Crippen LogP contribution in [0.3, 0.4) is 0 Å². The summed E-state index contributed by atoms with van der Waals surface area (Å²) >= 11 is 1.71. The van der Waals surface area contributed by atoms with Crippen LogP contribution >= 0.6 is 11.3 Å². The highest BCUT2D eigenvalue weighted by Gasteiger charge is 2.19. The first-order valence-corrected chi connectivity index (χ1v) is 6.30. The molecule has 88 valence electrons. The molecule has 0 radical (unpaired) electrons. The molecule has 0 bridgehead atoms. The molecule has 0 saturated heterocycles. The Hall–Kier alpha value is -0.850. The largest absolute Gasteiger partial charge is 0.296 e. The molecule has 0 spiro atoms. The third-order valence-corrected chi connectivity index (χ3v) is 3.58. The molecule has 0 aliphatic heterocycles. The zero-order valence-electron chi connectivity index (χ0n) is 10.7. The molecule has 0 aromatic carbocycles. The van der Waals surface area contributed by atoms with Crippen molar-refractivity contribution in [2.24, 2.45) is 0 Å². The molecule has 0 fully saturated rings. The van der Waals surface area contributed by atoms with Crippen LogP contribution in [0, 0.1) is 12.3 Å². The smallest absolute Gasteiger partial charge is 0.0982 e. The van der Waals surface area contributed by atoms with Crippen molar-refractivity contribution < 1.29 is 0 Å². The average molecular weight is 236 g/mol. The molecule has 1 heterocycles. The zero-order chi connectivity index (χ0) is 12.4. The Bertz CT molecular complexity index is 391. The average Bonchev–Trinajstić information content (AvgIpc) is 2.63. The molecule has 0 saturated carbocycles. The van der Waals surface area contributed by atoms with Gasteiger partial charge in [0.05, 0.1) is 16.2 Å². The van der Waals surface area contributed by atoms with Gasteiger partial charge >= 0.3 is 0 Å². The maximum Gasteiger partial charge on any atom is 0.0982 e. The van der Waals surface area contributed by atoms with Crippen molar-refractivity contribution in [1.29, 1.82) is 0 Å². The molecule has 1 N–H and O–H groups in total. The summed E-state index contributed by atoms with van der Waals surface area (Å²) in [5, 5.41) is 6.56. The van der Waals surface area contributed by atoms with Gasteiger partial charge < -0.3 is 0 Å². The summed E-state index contributed by atoms with van der Waals surface area (Å²) in [5.41, 5.74) is 0.925. The minimum absolute atomic E-state index is 0.130. The quantitative estimate of drug-likeness (QED) is 0.816. The molecule has 0 unspecified atom stereocenters. The van der Waals surface area contributed by atoms with Gasteiger partial charge in [0, 0.05) is 17.3 Å². The third-order valence-electron chi connectivity index (χ3n) is 2.27. The second-order valence-electron chi connectivity index (χ2n) is 5.52. The van der Waals surface area contributed by atoms with Crippen LogP contribution in [0.1, 0.15) is 45.3 Å². The first-order valence-electron chi connectivity index (χ1n) is 5.42. The maximum atomic E-state index is 5.41. The van der Waals surface area contributed by atoms with Gasteiger partial charge in [-0.25, -0.2) is 4.98 Å². The second kappa shape index (κ2) is 4.57. The van der Waals surface area contributed by atoms with Crippen LogP contribution in [0.4, 0.5) is 0 Å². The number of thiazole rings is 1. The van der Waals surface area contributed by atoms with Crippen LogP contribution in [0.2, 0.25) is 0 Å². The van der Waals surface area contributed by atoms with Crippen LogP contribution in [0.15, 0.2) is 5.38 Å². The Morgan fingerprint density at radius 3 is 2.44 bits per heavy atom. The summed E-state index contributed by atoms with van der Waals surface area (Å²) in [5.74, 6) is 2.71. The van der Waals surface area contributed by atoms with Gasteiger partial charge in [-0.3, -0.25) is 5.32 Å². The lowest BCUT2D eigenvalue weighted by atomic mass is 9.98. The summed E-state index contributed by atoms with van der Waals surface area (Å²) in [6.07, 6.45) is 5.41. The molecule has 16 heavy (non-hydrogen) atoms. The molecule has 1 aromatic rings. The number of rotatable bonds is 3. The maximum absolute atomic E-state index is 5.41. The highest BCUT2D eigenvalue weighted by molar-refractivity contribution is 7.09. The summed E-state index contributed by atoms with van der Waals surface area (Å²) in [6.45, 7) is 11.2. The third kappa shape index (κ3) is 3.62. The van der Waals surface area contributed by atoms with Gasteiger partial charge in [-0.2, -0.15) is 0 Å². The van der Waals surface area contributed by atoms with E-state index in [1.54, 1.807) is 11.3 Å². The number of hydrogen-bond donors (Lipinski definition) is 1. The van der Waals surface area contributed by atoms with Crippen molar-refractivity contribution in [3.8, 4) is 12.3 Å². The van der Waals surface area contributed by atoms with Crippen molar-refractivity contribution in [2.45, 2.75) is 52.1 Å². The van der Waals surface area contributed by atoms with Crippen LogP contribution < -0.4 is 5.32 Å². The molecule has 0 aliphatic rings. The van der Waals surface area contributed by atoms with E-state index in [-0.39, 0.29) is 11.0 Å². The predicted molar refractivity (Wildman–Crippen MR) is 70.6 cm³/mol. The van der Waals surface area contributed by atoms with Crippen molar-refractivity contribution in [1.82, 2.24) is 10.3 Å². The Balaban J connectivity index is 2.65. The van der Waals surface area contributed by atoms with E-state index in [1.807, 2.05) is 13.8 Å². The molecular formula is C13H20N2S. The highest BCUT2D eigenvalue weighted by Crippen LogP contribution is 2.25. The minimum Gasteiger partial charge on any atom is -0.296 e. The normalized spacial score (nSPS) is 12.5. The zero-order valence-corrected chi connectivity index (χ0v) is 11.5. The number of aromatic nitrogens is 1. The van der Waals surface area contributed by atoms with Crippen LogP contribution in [0.5, 0.6) is 0 Å². The van der Waals surface area contributed by atoms with Crippen molar-refractivity contribution in [3.05, 3.63) is 16.1 Å². The van der Waals surface area contributed by atoms with E-state index in [2.05, 4.69) is 42.4 Å². The van der Waals surface area contributed by atoms with E-state index < -0.39 is 0 Å². The van der Waals surface area contributed by atoms with E-state index in [9.17, 15) is 0 Å². The fraction of sp³-hybridized carbons (Fsp3) is 0.615. The Morgan fingerprint density at radius 1 is 1.38 bits per heavy atom. The van der Waals surface area contributed by atoms with Gasteiger partial charge in [0.1, 0.15) is 0 Å². The van der Waals surface area contributed by atoms with E-state index in [1.165, 1.54) is 5.01 Å². The van der Waals surface area contributed by atoms with E-state index in [4.69, 9.17) is 6.42 Å². The lowest BCUT2D eigenvalue weighted by Crippen LogP contribution is -2.37. The molecule has 2 nitrogen and oxygen atoms in total. The number of nitrogens with one attached hydrogen (secondary N) is 1. The molecule has 0 amide bonds. The van der Waals surface area contributed by atoms with Crippen molar-refractivity contribution in [2.75, 3.05) is 0 Å². The minimum atomic E-state index is -0.272. The lowest BCUT2D eigenvalue weighted by Gasteiger charge is -2.18. The highest BCUT2D eigenvalue weighted by atomic mass is 32.1. The van der Waals surface area contributed by atoms with Gasteiger partial charge in [-0.1, -0.05) is 26.7 Å². The second-order valence-corrected chi connectivity index (χ2v) is 6.37. The molecule has 1 rings (SSSR count). The van der Waals surface area contributed by atoms with E-state index in [0.717, 1.165) is 12.2 Å². The first-order chi connectivity index (χ1) is 7.24. The van der Waals surface area contributed by atoms with Crippen LogP contribution in [-0.4, -0.2) is 10.5 Å². The molecule has 3 heteroatoms. The molecular weight excluding hydrogens is 216 g/mol. The molecule has 0 aliphatic carbocycles. The van der Waals surface area contributed by atoms with Gasteiger partial charge in [-0.15, -0.1) is 17.8 Å². The summed E-state index contributed by atoms with van der Waals surface area (Å²) in [6, 6.07) is 0. The van der Waals surface area contributed by atoms with E-state index in [0.29, 0.717) is 0 Å². The Kier molecular flexibility index (Phi) is 3.77. The van der Waals surface area contributed by atoms with Gasteiger partial charge in [0.25, 0.3) is 0 Å². The topological polar surface area (TPSA) is 24.9 Å². The monoisotopic (exact) mass is 236 g/mol. The fourth-order valence-corrected chi connectivity index (χ4v) is 2.00. The Morgan fingerprint density at radius 2 is 2.00 bits per heavy atom. The van der Waals surface area contributed by atoms with Gasteiger partial charge in [0.2, 0.25) is 0 Å². The van der Waals surface area contributed by atoms with Crippen molar-refractivity contribution >= 4 is 11.3 Å². The standard InChI is InChI=1S/C13H20N2S/c1-7-13(5,6)14-8-10-9-16-11(15-10)12(2,3)4/h1,9,14H,8H2,2-6H3. The molecule has 1 aromatic heterocycles. The predicted octanol–water partition coefficient (Wildman–Crippen LogP) is 2.94. The summed E-state index contributed by atoms with van der Waals surface area (Å²) < 4.78 is 0.